The van der Waals surface area contributed by atoms with Crippen molar-refractivity contribution in [1.29, 1.82) is 0 Å². The molecule has 32 heavy (non-hydrogen) atoms. The predicted octanol–water partition coefficient (Wildman–Crippen LogP) is 4.94. The predicted molar refractivity (Wildman–Crippen MR) is 130 cm³/mol. The van der Waals surface area contributed by atoms with E-state index in [4.69, 9.17) is 0 Å². The molecule has 2 aromatic carbocycles. The van der Waals surface area contributed by atoms with Crippen molar-refractivity contribution in [2.24, 2.45) is 5.92 Å². The normalized spacial score (nSPS) is 26.6. The molecule has 166 valence electrons. The second-order valence-electron chi connectivity index (χ2n) is 9.90. The van der Waals surface area contributed by atoms with Gasteiger partial charge in [-0.1, -0.05) is 56.3 Å². The van der Waals surface area contributed by atoms with Gasteiger partial charge < -0.3 is 5.11 Å². The molecule has 2 aliphatic rings. The average molecular weight is 428 g/mol. The fourth-order valence-corrected chi connectivity index (χ4v) is 5.64. The van der Waals surface area contributed by atoms with Crippen LogP contribution in [0.25, 0.3) is 11.1 Å². The first-order chi connectivity index (χ1) is 15.5. The molecule has 0 radical (unpaired) electrons. The van der Waals surface area contributed by atoms with Crippen molar-refractivity contribution in [1.82, 2.24) is 14.8 Å². The van der Waals surface area contributed by atoms with Gasteiger partial charge in [-0.05, 0) is 58.2 Å². The number of fused-ring (bicyclic) bond motifs is 1. The van der Waals surface area contributed by atoms with Crippen LogP contribution in [-0.4, -0.2) is 52.1 Å². The molecule has 1 N–H and O–H groups in total. The van der Waals surface area contributed by atoms with Crippen LogP contribution in [0.3, 0.4) is 0 Å². The molecule has 3 aromatic rings. The molecule has 0 bridgehead atoms. The van der Waals surface area contributed by atoms with Crippen LogP contribution in [0.5, 0.6) is 5.75 Å². The number of benzene rings is 2. The number of rotatable bonds is 4. The SMILES string of the molecule is CC1CN2CCN(Cc3ccc(-c4cccnc4)cc3)CC2CC1(C)c1cccc(O)c1. The van der Waals surface area contributed by atoms with E-state index >= 15 is 0 Å². The highest BCUT2D eigenvalue weighted by molar-refractivity contribution is 5.62. The minimum absolute atomic E-state index is 0.0916. The van der Waals surface area contributed by atoms with Crippen LogP contribution in [0, 0.1) is 5.92 Å². The number of hydrogen-bond donors (Lipinski definition) is 1. The average Bonchev–Trinajstić information content (AvgIpc) is 2.81. The molecular formula is C28H33N3O. The number of nitrogens with zero attached hydrogens (tertiary/aromatic N) is 3. The van der Waals surface area contributed by atoms with Crippen LogP contribution < -0.4 is 0 Å². The number of aromatic hydroxyl groups is 1. The van der Waals surface area contributed by atoms with Crippen molar-refractivity contribution in [3.63, 3.8) is 0 Å². The number of pyridine rings is 1. The molecule has 2 saturated heterocycles. The molecule has 4 heteroatoms. The highest BCUT2D eigenvalue weighted by atomic mass is 16.3. The highest BCUT2D eigenvalue weighted by Gasteiger charge is 2.44. The number of phenolic OH excluding ortho intramolecular Hbond substituents is 1. The number of aromatic nitrogens is 1. The summed E-state index contributed by atoms with van der Waals surface area (Å²) in [5.74, 6) is 0.936. The summed E-state index contributed by atoms with van der Waals surface area (Å²) in [6.07, 6.45) is 4.87. The lowest BCUT2D eigenvalue weighted by Crippen LogP contribution is -2.60. The van der Waals surface area contributed by atoms with Gasteiger partial charge in [-0.3, -0.25) is 14.8 Å². The lowest BCUT2D eigenvalue weighted by atomic mass is 9.65. The minimum Gasteiger partial charge on any atom is -0.508 e. The number of phenols is 1. The topological polar surface area (TPSA) is 39.6 Å². The van der Waals surface area contributed by atoms with Gasteiger partial charge in [0.1, 0.15) is 5.75 Å². The van der Waals surface area contributed by atoms with E-state index in [1.54, 1.807) is 6.07 Å². The van der Waals surface area contributed by atoms with Gasteiger partial charge in [0.05, 0.1) is 0 Å². The summed E-state index contributed by atoms with van der Waals surface area (Å²) < 4.78 is 0. The summed E-state index contributed by atoms with van der Waals surface area (Å²) in [5.41, 5.74) is 5.11. The Kier molecular flexibility index (Phi) is 5.75. The van der Waals surface area contributed by atoms with Gasteiger partial charge in [0.15, 0.2) is 0 Å². The Morgan fingerprint density at radius 1 is 1.00 bits per heavy atom. The van der Waals surface area contributed by atoms with Crippen molar-refractivity contribution >= 4 is 0 Å². The third kappa shape index (κ3) is 4.17. The Hall–Kier alpha value is -2.69. The fraction of sp³-hybridized carbons (Fsp3) is 0.393. The van der Waals surface area contributed by atoms with Gasteiger partial charge in [-0.15, -0.1) is 0 Å². The van der Waals surface area contributed by atoms with Crippen molar-refractivity contribution in [3.8, 4) is 16.9 Å². The van der Waals surface area contributed by atoms with Crippen molar-refractivity contribution in [2.75, 3.05) is 26.2 Å². The van der Waals surface area contributed by atoms with Gasteiger partial charge in [0.2, 0.25) is 0 Å². The third-order valence-corrected chi connectivity index (χ3v) is 7.81. The number of piperidine rings is 1. The Balaban J connectivity index is 1.27. The number of piperazine rings is 1. The van der Waals surface area contributed by atoms with Crippen molar-refractivity contribution in [2.45, 2.75) is 38.3 Å². The molecule has 1 aromatic heterocycles. The molecule has 3 atom stereocenters. The highest BCUT2D eigenvalue weighted by Crippen LogP contribution is 2.43. The third-order valence-electron chi connectivity index (χ3n) is 7.81. The first kappa shape index (κ1) is 21.2. The van der Waals surface area contributed by atoms with E-state index in [0.717, 1.165) is 44.7 Å². The van der Waals surface area contributed by atoms with E-state index < -0.39 is 0 Å². The van der Waals surface area contributed by atoms with Crippen LogP contribution in [-0.2, 0) is 12.0 Å². The Morgan fingerprint density at radius 3 is 2.59 bits per heavy atom. The van der Waals surface area contributed by atoms with Gasteiger partial charge in [0, 0.05) is 51.2 Å². The monoisotopic (exact) mass is 427 g/mol. The van der Waals surface area contributed by atoms with Gasteiger partial charge in [-0.25, -0.2) is 0 Å². The summed E-state index contributed by atoms with van der Waals surface area (Å²) in [5, 5.41) is 10.1. The van der Waals surface area contributed by atoms with E-state index in [-0.39, 0.29) is 5.41 Å². The van der Waals surface area contributed by atoms with Crippen LogP contribution in [0.1, 0.15) is 31.4 Å². The molecule has 3 heterocycles. The first-order valence-electron chi connectivity index (χ1n) is 11.8. The van der Waals surface area contributed by atoms with Gasteiger partial charge >= 0.3 is 0 Å². The Labute approximate surface area is 191 Å². The molecule has 0 saturated carbocycles. The maximum Gasteiger partial charge on any atom is 0.115 e. The minimum atomic E-state index is 0.0916. The summed E-state index contributed by atoms with van der Waals surface area (Å²) >= 11 is 0. The maximum atomic E-state index is 10.1. The molecule has 3 unspecified atom stereocenters. The second-order valence-corrected chi connectivity index (χ2v) is 9.90. The zero-order valence-corrected chi connectivity index (χ0v) is 19.1. The zero-order chi connectivity index (χ0) is 22.1. The Bertz CT molecular complexity index is 1050. The first-order valence-corrected chi connectivity index (χ1v) is 11.8. The van der Waals surface area contributed by atoms with E-state index in [0.29, 0.717) is 17.7 Å². The molecular weight excluding hydrogens is 394 g/mol. The van der Waals surface area contributed by atoms with E-state index in [1.165, 1.54) is 16.7 Å². The van der Waals surface area contributed by atoms with Crippen LogP contribution in [0.2, 0.25) is 0 Å². The summed E-state index contributed by atoms with van der Waals surface area (Å²) in [6, 6.07) is 21.5. The van der Waals surface area contributed by atoms with Crippen molar-refractivity contribution in [3.05, 3.63) is 84.2 Å². The second kappa shape index (κ2) is 8.68. The summed E-state index contributed by atoms with van der Waals surface area (Å²) in [4.78, 5) is 9.53. The lowest BCUT2D eigenvalue weighted by molar-refractivity contribution is -0.00557. The summed E-state index contributed by atoms with van der Waals surface area (Å²) in [6.45, 7) is 10.2. The zero-order valence-electron chi connectivity index (χ0n) is 19.1. The van der Waals surface area contributed by atoms with Crippen LogP contribution in [0.15, 0.2) is 73.1 Å². The van der Waals surface area contributed by atoms with Crippen LogP contribution in [0.4, 0.5) is 0 Å². The van der Waals surface area contributed by atoms with Gasteiger partial charge in [0.25, 0.3) is 0 Å². The smallest absolute Gasteiger partial charge is 0.115 e. The number of hydrogen-bond acceptors (Lipinski definition) is 4. The molecule has 0 aliphatic carbocycles. The summed E-state index contributed by atoms with van der Waals surface area (Å²) in [7, 11) is 0. The van der Waals surface area contributed by atoms with Crippen LogP contribution >= 0.6 is 0 Å². The molecule has 0 spiro atoms. The molecule has 0 amide bonds. The molecule has 2 fully saturated rings. The van der Waals surface area contributed by atoms with E-state index in [2.05, 4.69) is 65.0 Å². The molecule has 2 aliphatic heterocycles. The standard InChI is InChI=1S/C28H33N3O/c1-21-18-31-14-13-30(19-22-8-10-23(11-9-22)24-5-4-12-29-17-24)20-26(31)16-28(21,2)25-6-3-7-27(32)15-25/h3-12,15,17,21,26,32H,13-14,16,18-20H2,1-2H3. The molecule has 4 nitrogen and oxygen atoms in total. The molecule has 5 rings (SSSR count). The Morgan fingerprint density at radius 2 is 1.84 bits per heavy atom. The van der Waals surface area contributed by atoms with E-state index in [1.807, 2.05) is 30.6 Å². The lowest BCUT2D eigenvalue weighted by Gasteiger charge is -2.53. The maximum absolute atomic E-state index is 10.1. The van der Waals surface area contributed by atoms with Gasteiger partial charge in [-0.2, -0.15) is 0 Å². The van der Waals surface area contributed by atoms with E-state index in [9.17, 15) is 5.11 Å². The fourth-order valence-electron chi connectivity index (χ4n) is 5.64. The van der Waals surface area contributed by atoms with Crippen molar-refractivity contribution < 1.29 is 5.11 Å². The quantitative estimate of drug-likeness (QED) is 0.640. The largest absolute Gasteiger partial charge is 0.508 e.